The van der Waals surface area contributed by atoms with Crippen LogP contribution in [0.25, 0.3) is 0 Å². The summed E-state index contributed by atoms with van der Waals surface area (Å²) in [6, 6.07) is 0. The summed E-state index contributed by atoms with van der Waals surface area (Å²) in [5, 5.41) is 0. The topological polar surface area (TPSA) is 9.23 Å². The molecular weight excluding hydrogens is 304 g/mol. The Balaban J connectivity index is 5.33. The molecule has 0 aromatic rings. The van der Waals surface area contributed by atoms with Crippen LogP contribution in [0.2, 0.25) is 0 Å². The molecule has 0 bridgehead atoms. The molecule has 25 heavy (non-hydrogen) atoms. The summed E-state index contributed by atoms with van der Waals surface area (Å²) in [5.41, 5.74) is -0.0405. The van der Waals surface area contributed by atoms with E-state index in [0.717, 1.165) is 0 Å². The average Bonchev–Trinajstić information content (AvgIpc) is 2.48. The lowest BCUT2D eigenvalue weighted by Gasteiger charge is -2.54. The highest BCUT2D eigenvalue weighted by atomic mass is 16.5. The molecule has 2 unspecified atom stereocenters. The van der Waals surface area contributed by atoms with Gasteiger partial charge >= 0.3 is 0 Å². The summed E-state index contributed by atoms with van der Waals surface area (Å²) in [6.45, 7) is 28.2. The number of hydrogen-bond donors (Lipinski definition) is 0. The van der Waals surface area contributed by atoms with Gasteiger partial charge in [0.05, 0.1) is 11.2 Å². The van der Waals surface area contributed by atoms with E-state index < -0.39 is 0 Å². The van der Waals surface area contributed by atoms with Crippen LogP contribution in [0.1, 0.15) is 122 Å². The Morgan fingerprint density at radius 1 is 0.600 bits per heavy atom. The zero-order valence-electron chi connectivity index (χ0n) is 19.8. The zero-order chi connectivity index (χ0) is 20.1. The lowest BCUT2D eigenvalue weighted by atomic mass is 9.64. The second kappa shape index (κ2) is 9.25. The molecule has 0 aliphatic carbocycles. The molecule has 0 aromatic heterocycles. The van der Waals surface area contributed by atoms with Crippen molar-refractivity contribution in [2.45, 2.75) is 133 Å². The normalized spacial score (nSPS) is 16.8. The largest absolute Gasteiger partial charge is 0.369 e. The van der Waals surface area contributed by atoms with E-state index in [4.69, 9.17) is 4.74 Å². The Bertz CT molecular complexity index is 340. The first kappa shape index (κ1) is 25.0. The van der Waals surface area contributed by atoms with Gasteiger partial charge in [-0.05, 0) is 50.4 Å². The van der Waals surface area contributed by atoms with Crippen LogP contribution in [0.5, 0.6) is 0 Å². The van der Waals surface area contributed by atoms with E-state index in [2.05, 4.69) is 83.1 Å². The molecule has 2 atom stereocenters. The molecule has 0 fully saturated rings. The van der Waals surface area contributed by atoms with Gasteiger partial charge in [0.2, 0.25) is 0 Å². The third-order valence-corrected chi connectivity index (χ3v) is 8.06. The molecule has 1 heteroatoms. The molecule has 0 spiro atoms. The fraction of sp³-hybridized carbons (Fsp3) is 1.00. The van der Waals surface area contributed by atoms with Gasteiger partial charge in [-0.2, -0.15) is 0 Å². The number of unbranched alkanes of at least 4 members (excludes halogenated alkanes) is 2. The Kier molecular flexibility index (Phi) is 9.23. The fourth-order valence-corrected chi connectivity index (χ4v) is 3.83. The first-order valence-corrected chi connectivity index (χ1v) is 10.9. The summed E-state index contributed by atoms with van der Waals surface area (Å²) < 4.78 is 6.96. The summed E-state index contributed by atoms with van der Waals surface area (Å²) >= 11 is 0. The van der Waals surface area contributed by atoms with Gasteiger partial charge in [0.1, 0.15) is 0 Å². The number of rotatable bonds is 12. The van der Waals surface area contributed by atoms with Gasteiger partial charge in [-0.25, -0.2) is 0 Å². The van der Waals surface area contributed by atoms with Gasteiger partial charge in [-0.3, -0.25) is 0 Å². The van der Waals surface area contributed by atoms with E-state index >= 15 is 0 Å². The van der Waals surface area contributed by atoms with Crippen molar-refractivity contribution in [1.82, 2.24) is 0 Å². The lowest BCUT2D eigenvalue weighted by molar-refractivity contribution is -0.231. The minimum atomic E-state index is -0.161. The molecule has 0 radical (unpaired) electrons. The summed E-state index contributed by atoms with van der Waals surface area (Å²) in [6.07, 6.45) is 7.73. The molecule has 0 rings (SSSR count). The molecule has 0 heterocycles. The van der Waals surface area contributed by atoms with E-state index in [0.29, 0.717) is 11.8 Å². The molecule has 0 aliphatic rings. The molecule has 0 amide bonds. The molecule has 0 saturated carbocycles. The zero-order valence-corrected chi connectivity index (χ0v) is 19.8. The second-order valence-electron chi connectivity index (χ2n) is 10.7. The smallest absolute Gasteiger partial charge is 0.0687 e. The maximum atomic E-state index is 6.96. The van der Waals surface area contributed by atoms with Crippen molar-refractivity contribution in [2.75, 3.05) is 0 Å². The molecular formula is C24H50O. The van der Waals surface area contributed by atoms with Gasteiger partial charge in [-0.15, -0.1) is 0 Å². The van der Waals surface area contributed by atoms with Crippen molar-refractivity contribution in [3.8, 4) is 0 Å². The molecule has 0 saturated heterocycles. The quantitative estimate of drug-likeness (QED) is 0.342. The van der Waals surface area contributed by atoms with Crippen molar-refractivity contribution in [3.63, 3.8) is 0 Å². The van der Waals surface area contributed by atoms with Crippen LogP contribution in [0.15, 0.2) is 0 Å². The van der Waals surface area contributed by atoms with Crippen LogP contribution in [-0.2, 0) is 4.74 Å². The maximum absolute atomic E-state index is 6.96. The second-order valence-corrected chi connectivity index (χ2v) is 10.7. The van der Waals surface area contributed by atoms with Crippen LogP contribution < -0.4 is 0 Å². The van der Waals surface area contributed by atoms with Crippen LogP contribution in [0.3, 0.4) is 0 Å². The van der Waals surface area contributed by atoms with Crippen molar-refractivity contribution in [3.05, 3.63) is 0 Å². The molecule has 1 nitrogen and oxygen atoms in total. The van der Waals surface area contributed by atoms with E-state index in [1.54, 1.807) is 0 Å². The SMILES string of the molecule is CCCCC(C)C(C)(C)C(C)(C)OC(C)(C)C(C)(C)C(C)CCCC. The van der Waals surface area contributed by atoms with Gasteiger partial charge < -0.3 is 4.74 Å². The highest BCUT2D eigenvalue weighted by Gasteiger charge is 2.50. The van der Waals surface area contributed by atoms with Gasteiger partial charge in [0.15, 0.2) is 0 Å². The monoisotopic (exact) mass is 354 g/mol. The van der Waals surface area contributed by atoms with Crippen LogP contribution in [-0.4, -0.2) is 11.2 Å². The highest BCUT2D eigenvalue weighted by Crippen LogP contribution is 2.50. The summed E-state index contributed by atoms with van der Waals surface area (Å²) in [7, 11) is 0. The van der Waals surface area contributed by atoms with E-state index in [1.807, 2.05) is 0 Å². The van der Waals surface area contributed by atoms with Crippen molar-refractivity contribution in [2.24, 2.45) is 22.7 Å². The molecule has 0 aromatic carbocycles. The van der Waals surface area contributed by atoms with Crippen molar-refractivity contribution in [1.29, 1.82) is 0 Å². The van der Waals surface area contributed by atoms with Crippen LogP contribution in [0.4, 0.5) is 0 Å². The summed E-state index contributed by atoms with van der Waals surface area (Å²) in [4.78, 5) is 0. The minimum absolute atomic E-state index is 0.141. The number of ether oxygens (including phenoxy) is 1. The lowest BCUT2D eigenvalue weighted by Crippen LogP contribution is -2.55. The highest BCUT2D eigenvalue weighted by molar-refractivity contribution is 4.98. The van der Waals surface area contributed by atoms with Gasteiger partial charge in [0.25, 0.3) is 0 Å². The minimum Gasteiger partial charge on any atom is -0.369 e. The predicted molar refractivity (Wildman–Crippen MR) is 114 cm³/mol. The van der Waals surface area contributed by atoms with E-state index in [1.165, 1.54) is 38.5 Å². The van der Waals surface area contributed by atoms with Crippen molar-refractivity contribution < 1.29 is 4.74 Å². The molecule has 0 N–H and O–H groups in total. The first-order valence-electron chi connectivity index (χ1n) is 10.9. The Labute approximate surface area is 160 Å². The van der Waals surface area contributed by atoms with E-state index in [-0.39, 0.29) is 22.0 Å². The first-order chi connectivity index (χ1) is 11.2. The third-order valence-electron chi connectivity index (χ3n) is 8.06. The Hall–Kier alpha value is -0.0400. The maximum Gasteiger partial charge on any atom is 0.0687 e. The standard InChI is InChI=1S/C24H50O/c1-13-15-17-19(3)21(5,6)23(9,10)25-24(11,12)22(7,8)20(4)18-16-14-2/h19-20H,13-18H2,1-12H3. The molecule has 152 valence electrons. The average molecular weight is 355 g/mol. The van der Waals surface area contributed by atoms with E-state index in [9.17, 15) is 0 Å². The van der Waals surface area contributed by atoms with Gasteiger partial charge in [0, 0.05) is 0 Å². The molecule has 0 aliphatic heterocycles. The third kappa shape index (κ3) is 5.98. The predicted octanol–water partition coefficient (Wildman–Crippen LogP) is 8.27. The van der Waals surface area contributed by atoms with Crippen LogP contribution in [0, 0.1) is 22.7 Å². The fourth-order valence-electron chi connectivity index (χ4n) is 3.83. The number of hydrogen-bond acceptors (Lipinski definition) is 1. The van der Waals surface area contributed by atoms with Gasteiger partial charge in [-0.1, -0.05) is 93.9 Å². The summed E-state index contributed by atoms with van der Waals surface area (Å²) in [5.74, 6) is 1.30. The Morgan fingerprint density at radius 2 is 0.880 bits per heavy atom. The van der Waals surface area contributed by atoms with Crippen LogP contribution >= 0.6 is 0 Å². The van der Waals surface area contributed by atoms with Crippen molar-refractivity contribution >= 4 is 0 Å². The Morgan fingerprint density at radius 3 is 1.12 bits per heavy atom.